The number of carboxylic acid groups (broad SMARTS) is 1. The summed E-state index contributed by atoms with van der Waals surface area (Å²) in [5.74, 6) is -0.641. The van der Waals surface area contributed by atoms with E-state index in [9.17, 15) is 13.2 Å². The van der Waals surface area contributed by atoms with Gasteiger partial charge in [-0.2, -0.15) is 4.31 Å². The van der Waals surface area contributed by atoms with E-state index in [2.05, 4.69) is 0 Å². The van der Waals surface area contributed by atoms with E-state index < -0.39 is 21.2 Å². The van der Waals surface area contributed by atoms with E-state index in [1.807, 2.05) is 0 Å². The molecule has 104 valence electrons. The number of hydrogen-bond donors (Lipinski definition) is 1. The number of aliphatic carboxylic acids is 1. The lowest BCUT2D eigenvalue weighted by molar-refractivity contribution is -0.138. The summed E-state index contributed by atoms with van der Waals surface area (Å²) < 4.78 is 26.2. The summed E-state index contributed by atoms with van der Waals surface area (Å²) >= 11 is 0. The van der Waals surface area contributed by atoms with E-state index in [-0.39, 0.29) is 24.4 Å². The summed E-state index contributed by atoms with van der Waals surface area (Å²) in [7, 11) is -3.20. The third-order valence-corrected chi connectivity index (χ3v) is 6.49. The van der Waals surface area contributed by atoms with Crippen molar-refractivity contribution in [3.8, 4) is 0 Å². The molecule has 0 aromatic carbocycles. The molecule has 2 aliphatic rings. The van der Waals surface area contributed by atoms with Crippen LogP contribution in [0.5, 0.6) is 0 Å². The first-order valence-corrected chi connectivity index (χ1v) is 8.06. The smallest absolute Gasteiger partial charge is 0.303 e. The predicted octanol–water partition coefficient (Wildman–Crippen LogP) is 1.44. The van der Waals surface area contributed by atoms with Crippen LogP contribution in [0.15, 0.2) is 0 Å². The predicted molar refractivity (Wildman–Crippen MR) is 67.7 cm³/mol. The second kappa shape index (κ2) is 4.81. The van der Waals surface area contributed by atoms with Gasteiger partial charge < -0.3 is 5.11 Å². The minimum absolute atomic E-state index is 0.0282. The Morgan fingerprint density at radius 3 is 2.17 bits per heavy atom. The lowest BCUT2D eigenvalue weighted by Crippen LogP contribution is -2.49. The lowest BCUT2D eigenvalue weighted by Gasteiger charge is -2.38. The molecule has 2 atom stereocenters. The van der Waals surface area contributed by atoms with Gasteiger partial charge in [-0.05, 0) is 45.4 Å². The lowest BCUT2D eigenvalue weighted by atomic mass is 9.90. The molecule has 5 nitrogen and oxygen atoms in total. The Morgan fingerprint density at radius 2 is 1.78 bits per heavy atom. The maximum absolute atomic E-state index is 12.3. The van der Waals surface area contributed by atoms with Crippen molar-refractivity contribution < 1.29 is 18.3 Å². The number of hydrogen-bond acceptors (Lipinski definition) is 3. The molecular formula is C12H21NO4S. The van der Waals surface area contributed by atoms with Gasteiger partial charge in [0.2, 0.25) is 10.0 Å². The van der Waals surface area contributed by atoms with Crippen molar-refractivity contribution in [2.75, 3.05) is 0 Å². The molecule has 2 heterocycles. The fraction of sp³-hybridized carbons (Fsp3) is 0.917. The fourth-order valence-electron chi connectivity index (χ4n) is 3.32. The molecule has 6 heteroatoms. The molecular weight excluding hydrogens is 254 g/mol. The van der Waals surface area contributed by atoms with Crippen LogP contribution in [-0.2, 0) is 14.8 Å². The van der Waals surface area contributed by atoms with Crippen molar-refractivity contribution in [1.29, 1.82) is 0 Å². The number of piperidine rings is 1. The molecule has 1 N–H and O–H groups in total. The van der Waals surface area contributed by atoms with Gasteiger partial charge in [-0.25, -0.2) is 8.42 Å². The van der Waals surface area contributed by atoms with Crippen LogP contribution in [0.1, 0.15) is 46.0 Å². The summed E-state index contributed by atoms with van der Waals surface area (Å²) in [6.07, 6.45) is 3.34. The van der Waals surface area contributed by atoms with Crippen molar-refractivity contribution >= 4 is 16.0 Å². The van der Waals surface area contributed by atoms with Gasteiger partial charge >= 0.3 is 5.97 Å². The highest BCUT2D eigenvalue weighted by molar-refractivity contribution is 7.89. The number of fused-ring (bicyclic) bond motifs is 2. The Kier molecular flexibility index (Phi) is 3.69. The zero-order valence-corrected chi connectivity index (χ0v) is 11.7. The molecule has 0 aromatic heterocycles. The molecule has 18 heavy (non-hydrogen) atoms. The topological polar surface area (TPSA) is 74.7 Å². The Bertz CT molecular complexity index is 417. The standard InChI is InChI=1S/C12H21NO4S/c1-8(2)18(16,17)13-10-3-4-11(13)6-9(5-10)7-12(14)15/h8-11H,3-7H2,1-2H3,(H,14,15). The van der Waals surface area contributed by atoms with Crippen LogP contribution in [0, 0.1) is 5.92 Å². The van der Waals surface area contributed by atoms with Gasteiger partial charge in [-0.1, -0.05) is 0 Å². The third-order valence-electron chi connectivity index (χ3n) is 4.12. The first kappa shape index (κ1) is 13.8. The van der Waals surface area contributed by atoms with Crippen LogP contribution in [0.25, 0.3) is 0 Å². The minimum atomic E-state index is -3.20. The number of carboxylic acids is 1. The molecule has 2 saturated heterocycles. The first-order chi connectivity index (χ1) is 8.32. The van der Waals surface area contributed by atoms with Crippen molar-refractivity contribution in [3.63, 3.8) is 0 Å². The van der Waals surface area contributed by atoms with Crippen LogP contribution in [-0.4, -0.2) is 41.1 Å². The fourth-order valence-corrected chi connectivity index (χ4v) is 5.02. The Balaban J connectivity index is 2.14. The van der Waals surface area contributed by atoms with Crippen molar-refractivity contribution in [1.82, 2.24) is 4.31 Å². The average molecular weight is 275 g/mol. The highest BCUT2D eigenvalue weighted by atomic mass is 32.2. The SMILES string of the molecule is CC(C)S(=O)(=O)N1C2CCC1CC(CC(=O)O)C2. The summed E-state index contributed by atoms with van der Waals surface area (Å²) in [6.45, 7) is 3.41. The Hall–Kier alpha value is -0.620. The maximum atomic E-state index is 12.3. The highest BCUT2D eigenvalue weighted by Gasteiger charge is 2.47. The van der Waals surface area contributed by atoms with Crippen molar-refractivity contribution in [2.24, 2.45) is 5.92 Å². The van der Waals surface area contributed by atoms with Crippen molar-refractivity contribution in [3.05, 3.63) is 0 Å². The Labute approximate surface area is 108 Å². The second-order valence-electron chi connectivity index (χ2n) is 5.74. The average Bonchev–Trinajstić information content (AvgIpc) is 2.51. The van der Waals surface area contributed by atoms with Crippen molar-refractivity contribution in [2.45, 2.75) is 63.3 Å². The van der Waals surface area contributed by atoms with Crippen LogP contribution < -0.4 is 0 Å². The zero-order valence-electron chi connectivity index (χ0n) is 10.9. The van der Waals surface area contributed by atoms with Gasteiger partial charge in [0.05, 0.1) is 5.25 Å². The minimum Gasteiger partial charge on any atom is -0.481 e. The van der Waals surface area contributed by atoms with Crippen LogP contribution in [0.2, 0.25) is 0 Å². The normalized spacial score (nSPS) is 32.9. The molecule has 0 saturated carbocycles. The molecule has 2 fully saturated rings. The molecule has 2 rings (SSSR count). The molecule has 0 radical (unpaired) electrons. The molecule has 0 aromatic rings. The first-order valence-electron chi connectivity index (χ1n) is 6.56. The van der Waals surface area contributed by atoms with E-state index in [1.165, 1.54) is 0 Å². The summed E-state index contributed by atoms with van der Waals surface area (Å²) in [4.78, 5) is 10.8. The van der Waals surface area contributed by atoms with Crippen LogP contribution >= 0.6 is 0 Å². The molecule has 0 spiro atoms. The number of sulfonamides is 1. The van der Waals surface area contributed by atoms with E-state index in [0.29, 0.717) is 12.8 Å². The summed E-state index contributed by atoms with van der Waals surface area (Å²) in [6, 6.07) is 0.0565. The van der Waals surface area contributed by atoms with E-state index >= 15 is 0 Å². The van der Waals surface area contributed by atoms with Gasteiger partial charge in [-0.15, -0.1) is 0 Å². The Morgan fingerprint density at radius 1 is 1.28 bits per heavy atom. The molecule has 0 amide bonds. The maximum Gasteiger partial charge on any atom is 0.303 e. The number of nitrogens with zero attached hydrogens (tertiary/aromatic N) is 1. The number of carbonyl (C=O) groups is 1. The van der Waals surface area contributed by atoms with Gasteiger partial charge in [0.1, 0.15) is 0 Å². The van der Waals surface area contributed by atoms with Gasteiger partial charge in [-0.3, -0.25) is 4.79 Å². The second-order valence-corrected chi connectivity index (χ2v) is 8.14. The van der Waals surface area contributed by atoms with Crippen LogP contribution in [0.3, 0.4) is 0 Å². The largest absolute Gasteiger partial charge is 0.481 e. The summed E-state index contributed by atoms with van der Waals surface area (Å²) in [5.41, 5.74) is 0. The van der Waals surface area contributed by atoms with Crippen LogP contribution in [0.4, 0.5) is 0 Å². The highest BCUT2D eigenvalue weighted by Crippen LogP contribution is 2.42. The number of rotatable bonds is 4. The van der Waals surface area contributed by atoms with Gasteiger partial charge in [0, 0.05) is 18.5 Å². The van der Waals surface area contributed by atoms with E-state index in [0.717, 1.165) is 12.8 Å². The summed E-state index contributed by atoms with van der Waals surface area (Å²) in [5, 5.41) is 8.45. The third kappa shape index (κ3) is 2.40. The van der Waals surface area contributed by atoms with E-state index in [1.54, 1.807) is 18.2 Å². The molecule has 2 aliphatic heterocycles. The monoisotopic (exact) mass is 275 g/mol. The quantitative estimate of drug-likeness (QED) is 0.842. The zero-order chi connectivity index (χ0) is 13.5. The molecule has 2 bridgehead atoms. The van der Waals surface area contributed by atoms with Gasteiger partial charge in [0.25, 0.3) is 0 Å². The molecule has 0 aliphatic carbocycles. The van der Waals surface area contributed by atoms with E-state index in [4.69, 9.17) is 5.11 Å². The molecule has 2 unspecified atom stereocenters. The van der Waals surface area contributed by atoms with Gasteiger partial charge in [0.15, 0.2) is 0 Å².